The number of ether oxygens (including phenoxy) is 2. The van der Waals surface area contributed by atoms with E-state index >= 15 is 0 Å². The molecule has 8 nitrogen and oxygen atoms in total. The molecule has 2 aliphatic rings. The van der Waals surface area contributed by atoms with Crippen LogP contribution in [0.15, 0.2) is 42.5 Å². The molecule has 1 fully saturated rings. The summed E-state index contributed by atoms with van der Waals surface area (Å²) in [5.41, 5.74) is 1.09. The molecule has 1 aliphatic carbocycles. The molecule has 3 rings (SSSR count). The van der Waals surface area contributed by atoms with Crippen LogP contribution in [-0.2, 0) is 25.5 Å². The van der Waals surface area contributed by atoms with Crippen LogP contribution in [0.4, 0.5) is 4.79 Å². The third kappa shape index (κ3) is 5.64. The molecule has 1 amide bonds. The monoisotopic (exact) mass is 430 g/mol. The standard InChI is InChI=1S/C23H30N2O6/c1-3-30-22(27)18(13-12-16-8-5-4-6-9-16)24-15(2)21(26)25-19-11-7-10-17(19)14-20(25)31-23(28)29/h4-9,11,15,17-20,24H,3,10,12-14H2,1-2H3,(H,28,29)/t15-,17-,18-,19+,20-/m0/s1. The van der Waals surface area contributed by atoms with Gasteiger partial charge < -0.3 is 14.6 Å². The number of carboxylic acid groups (broad SMARTS) is 1. The van der Waals surface area contributed by atoms with Crippen molar-refractivity contribution in [1.29, 1.82) is 0 Å². The number of hydrogen-bond donors (Lipinski definition) is 2. The molecule has 8 heteroatoms. The number of esters is 1. The predicted octanol–water partition coefficient (Wildman–Crippen LogP) is 2.73. The van der Waals surface area contributed by atoms with E-state index in [1.807, 2.05) is 42.5 Å². The zero-order chi connectivity index (χ0) is 22.4. The number of likely N-dealkylation sites (tertiary alicyclic amines) is 1. The van der Waals surface area contributed by atoms with Crippen LogP contribution in [0.2, 0.25) is 0 Å². The largest absolute Gasteiger partial charge is 0.507 e. The number of rotatable bonds is 9. The van der Waals surface area contributed by atoms with Crippen molar-refractivity contribution in [3.8, 4) is 0 Å². The van der Waals surface area contributed by atoms with Gasteiger partial charge in [-0.15, -0.1) is 0 Å². The first-order chi connectivity index (χ1) is 14.9. The molecular weight excluding hydrogens is 400 g/mol. The first-order valence-corrected chi connectivity index (χ1v) is 10.8. The zero-order valence-corrected chi connectivity index (χ0v) is 17.9. The van der Waals surface area contributed by atoms with Crippen molar-refractivity contribution in [1.82, 2.24) is 10.2 Å². The summed E-state index contributed by atoms with van der Waals surface area (Å²) in [4.78, 5) is 38.4. The number of carbonyl (C=O) groups excluding carboxylic acids is 2. The molecule has 1 aromatic carbocycles. The van der Waals surface area contributed by atoms with Gasteiger partial charge in [-0.05, 0) is 44.6 Å². The second kappa shape index (κ2) is 10.4. The van der Waals surface area contributed by atoms with Crippen molar-refractivity contribution < 1.29 is 29.0 Å². The Morgan fingerprint density at radius 1 is 1.26 bits per heavy atom. The Morgan fingerprint density at radius 2 is 2.00 bits per heavy atom. The molecule has 168 valence electrons. The molecule has 0 aromatic heterocycles. The Kier molecular flexibility index (Phi) is 7.68. The lowest BCUT2D eigenvalue weighted by molar-refractivity contribution is -0.147. The minimum atomic E-state index is -1.40. The van der Waals surface area contributed by atoms with E-state index in [2.05, 4.69) is 5.32 Å². The maximum absolute atomic E-state index is 13.3. The minimum Gasteiger partial charge on any atom is -0.465 e. The van der Waals surface area contributed by atoms with Crippen molar-refractivity contribution in [3.05, 3.63) is 48.0 Å². The van der Waals surface area contributed by atoms with Gasteiger partial charge in [-0.3, -0.25) is 19.8 Å². The third-order valence-corrected chi connectivity index (χ3v) is 5.84. The van der Waals surface area contributed by atoms with Gasteiger partial charge in [0.05, 0.1) is 18.7 Å². The van der Waals surface area contributed by atoms with E-state index in [0.717, 1.165) is 12.0 Å². The highest BCUT2D eigenvalue weighted by molar-refractivity contribution is 5.84. The Labute approximate surface area is 182 Å². The highest BCUT2D eigenvalue weighted by Gasteiger charge is 2.47. The zero-order valence-electron chi connectivity index (χ0n) is 17.9. The number of benzene rings is 1. The van der Waals surface area contributed by atoms with Gasteiger partial charge in [-0.2, -0.15) is 0 Å². The third-order valence-electron chi connectivity index (χ3n) is 5.84. The van der Waals surface area contributed by atoms with Crippen LogP contribution in [0.1, 0.15) is 38.7 Å². The van der Waals surface area contributed by atoms with E-state index in [4.69, 9.17) is 14.6 Å². The average Bonchev–Trinajstić information content (AvgIpc) is 3.31. The van der Waals surface area contributed by atoms with Crippen molar-refractivity contribution in [3.63, 3.8) is 0 Å². The number of aryl methyl sites for hydroxylation is 1. The van der Waals surface area contributed by atoms with E-state index in [-0.39, 0.29) is 24.5 Å². The molecule has 1 saturated heterocycles. The molecule has 0 radical (unpaired) electrons. The van der Waals surface area contributed by atoms with Crippen molar-refractivity contribution in [2.45, 2.75) is 63.9 Å². The number of allylic oxidation sites excluding steroid dienone is 1. The van der Waals surface area contributed by atoms with E-state index in [1.165, 1.54) is 4.90 Å². The SMILES string of the molecule is CCOC(=O)[C@H](CCc1ccccc1)N[C@@H](C)C(=O)N1[C@@H](OC(=O)O)C[C@@H]2CC=C[C@H]21. The van der Waals surface area contributed by atoms with Gasteiger partial charge in [0, 0.05) is 6.42 Å². The van der Waals surface area contributed by atoms with Gasteiger partial charge in [-0.25, -0.2) is 4.79 Å². The summed E-state index contributed by atoms with van der Waals surface area (Å²) in [5.74, 6) is -0.546. The highest BCUT2D eigenvalue weighted by Crippen LogP contribution is 2.38. The quantitative estimate of drug-likeness (QED) is 0.458. The second-order valence-electron chi connectivity index (χ2n) is 7.95. The maximum atomic E-state index is 13.3. The van der Waals surface area contributed by atoms with Crippen LogP contribution >= 0.6 is 0 Å². The number of fused-ring (bicyclic) bond motifs is 1. The number of carbonyl (C=O) groups is 3. The summed E-state index contributed by atoms with van der Waals surface area (Å²) in [6, 6.07) is 8.23. The smallest absolute Gasteiger partial charge is 0.465 e. The summed E-state index contributed by atoms with van der Waals surface area (Å²) in [6.07, 6.45) is 4.10. The van der Waals surface area contributed by atoms with Crippen molar-refractivity contribution >= 4 is 18.0 Å². The van der Waals surface area contributed by atoms with Crippen molar-refractivity contribution in [2.24, 2.45) is 5.92 Å². The van der Waals surface area contributed by atoms with Crippen LogP contribution in [-0.4, -0.2) is 59.0 Å². The van der Waals surface area contributed by atoms with Crippen LogP contribution in [0, 0.1) is 5.92 Å². The van der Waals surface area contributed by atoms with Crippen molar-refractivity contribution in [2.75, 3.05) is 6.61 Å². The van der Waals surface area contributed by atoms with Gasteiger partial charge in [0.25, 0.3) is 0 Å². The number of hydrogen-bond acceptors (Lipinski definition) is 6. The molecule has 0 saturated carbocycles. The minimum absolute atomic E-state index is 0.152. The summed E-state index contributed by atoms with van der Waals surface area (Å²) < 4.78 is 10.2. The molecule has 2 N–H and O–H groups in total. The maximum Gasteiger partial charge on any atom is 0.507 e. The normalized spacial score (nSPS) is 23.8. The molecule has 0 unspecified atom stereocenters. The Morgan fingerprint density at radius 3 is 2.68 bits per heavy atom. The average molecular weight is 431 g/mol. The van der Waals surface area contributed by atoms with E-state index in [0.29, 0.717) is 19.3 Å². The van der Waals surface area contributed by atoms with Gasteiger partial charge in [0.15, 0.2) is 6.23 Å². The molecule has 1 heterocycles. The fourth-order valence-corrected chi connectivity index (χ4v) is 4.38. The van der Waals surface area contributed by atoms with Crippen LogP contribution in [0.3, 0.4) is 0 Å². The Bertz CT molecular complexity index is 812. The van der Waals surface area contributed by atoms with Gasteiger partial charge in [0.1, 0.15) is 6.04 Å². The van der Waals surface area contributed by atoms with Gasteiger partial charge in [0.2, 0.25) is 5.91 Å². The fourth-order valence-electron chi connectivity index (χ4n) is 4.38. The van der Waals surface area contributed by atoms with E-state index in [1.54, 1.807) is 13.8 Å². The molecule has 31 heavy (non-hydrogen) atoms. The van der Waals surface area contributed by atoms with E-state index in [9.17, 15) is 14.4 Å². The predicted molar refractivity (Wildman–Crippen MR) is 113 cm³/mol. The fraction of sp³-hybridized carbons (Fsp3) is 0.522. The van der Waals surface area contributed by atoms with E-state index < -0.39 is 30.4 Å². The van der Waals surface area contributed by atoms with Gasteiger partial charge in [-0.1, -0.05) is 42.5 Å². The molecule has 0 bridgehead atoms. The highest BCUT2D eigenvalue weighted by atomic mass is 16.7. The number of nitrogens with zero attached hydrogens (tertiary/aromatic N) is 1. The first-order valence-electron chi connectivity index (χ1n) is 10.8. The summed E-state index contributed by atoms with van der Waals surface area (Å²) in [6.45, 7) is 3.67. The first kappa shape index (κ1) is 22.8. The lowest BCUT2D eigenvalue weighted by Crippen LogP contribution is -2.54. The molecule has 1 aliphatic heterocycles. The van der Waals surface area contributed by atoms with Gasteiger partial charge >= 0.3 is 12.1 Å². The lowest BCUT2D eigenvalue weighted by Gasteiger charge is -2.31. The Balaban J connectivity index is 1.69. The summed E-state index contributed by atoms with van der Waals surface area (Å²) in [5, 5.41) is 12.2. The van der Waals surface area contributed by atoms with Crippen LogP contribution in [0.25, 0.3) is 0 Å². The molecule has 0 spiro atoms. The lowest BCUT2D eigenvalue weighted by atomic mass is 10.0. The summed E-state index contributed by atoms with van der Waals surface area (Å²) >= 11 is 0. The second-order valence-corrected chi connectivity index (χ2v) is 7.95. The molecular formula is C23H30N2O6. The summed E-state index contributed by atoms with van der Waals surface area (Å²) in [7, 11) is 0. The van der Waals surface area contributed by atoms with Crippen LogP contribution < -0.4 is 5.32 Å². The Hall–Kier alpha value is -2.87. The number of nitrogens with one attached hydrogen (secondary N) is 1. The topological polar surface area (TPSA) is 105 Å². The molecule has 1 aromatic rings. The molecule has 5 atom stereocenters. The number of amides is 1. The van der Waals surface area contributed by atoms with Crippen LogP contribution in [0.5, 0.6) is 0 Å².